The van der Waals surface area contributed by atoms with Crippen LogP contribution in [0, 0.1) is 0 Å². The third-order valence-electron chi connectivity index (χ3n) is 2.59. The van der Waals surface area contributed by atoms with Crippen LogP contribution in [0.3, 0.4) is 0 Å². The topological polar surface area (TPSA) is 118 Å². The minimum atomic E-state index is -0.826. The number of rotatable bonds is 4. The number of hydrogen-bond acceptors (Lipinski definition) is 5. The van der Waals surface area contributed by atoms with Crippen molar-refractivity contribution in [1.29, 1.82) is 0 Å². The Bertz CT molecular complexity index is 646. The summed E-state index contributed by atoms with van der Waals surface area (Å²) in [7, 11) is 0. The van der Waals surface area contributed by atoms with Gasteiger partial charge in [-0.25, -0.2) is 9.78 Å². The van der Waals surface area contributed by atoms with Crippen LogP contribution < -0.4 is 5.73 Å². The Labute approximate surface area is 114 Å². The Morgan fingerprint density at radius 2 is 2.00 bits per heavy atom. The van der Waals surface area contributed by atoms with Gasteiger partial charge in [0.25, 0.3) is 5.91 Å². The summed E-state index contributed by atoms with van der Waals surface area (Å²) in [6, 6.07) is 6.37. The van der Waals surface area contributed by atoms with Gasteiger partial charge >= 0.3 is 5.97 Å². The van der Waals surface area contributed by atoms with E-state index in [0.717, 1.165) is 0 Å². The van der Waals surface area contributed by atoms with Gasteiger partial charge in [-0.2, -0.15) is 0 Å². The van der Waals surface area contributed by atoms with Crippen LogP contribution in [-0.4, -0.2) is 33.6 Å². The van der Waals surface area contributed by atoms with Gasteiger partial charge < -0.3 is 20.6 Å². The molecule has 2 aromatic rings. The van der Waals surface area contributed by atoms with Crippen LogP contribution >= 0.6 is 0 Å². The molecule has 104 valence electrons. The maximum atomic E-state index is 11.5. The molecule has 0 saturated carbocycles. The summed E-state index contributed by atoms with van der Waals surface area (Å²) >= 11 is 0. The summed E-state index contributed by atoms with van der Waals surface area (Å²) in [5.74, 6) is -1.35. The van der Waals surface area contributed by atoms with Crippen molar-refractivity contribution in [2.24, 2.45) is 5.73 Å². The zero-order valence-electron chi connectivity index (χ0n) is 10.7. The molecule has 1 amide bonds. The lowest BCUT2D eigenvalue weighted by Gasteiger charge is -2.02. The maximum absolute atomic E-state index is 11.5. The van der Waals surface area contributed by atoms with E-state index in [1.54, 1.807) is 31.2 Å². The molecule has 4 N–H and O–H groups in total. The fourth-order valence-electron chi connectivity index (χ4n) is 1.65. The van der Waals surface area contributed by atoms with E-state index in [0.29, 0.717) is 17.7 Å². The number of aromatic amines is 1. The minimum Gasteiger partial charge on any atom is -0.493 e. The number of benzene rings is 1. The highest BCUT2D eigenvalue weighted by atomic mass is 16.5. The molecule has 0 unspecified atom stereocenters. The molecule has 0 aliphatic heterocycles. The molecule has 1 heterocycles. The van der Waals surface area contributed by atoms with Crippen molar-refractivity contribution in [3.05, 3.63) is 35.5 Å². The number of imidazole rings is 1. The lowest BCUT2D eigenvalue weighted by molar-refractivity contribution is 0.0526. The molecule has 2 rings (SSSR count). The van der Waals surface area contributed by atoms with E-state index >= 15 is 0 Å². The average Bonchev–Trinajstić information content (AvgIpc) is 2.81. The van der Waals surface area contributed by atoms with Crippen molar-refractivity contribution in [3.8, 4) is 17.3 Å². The van der Waals surface area contributed by atoms with Gasteiger partial charge in [0, 0.05) is 5.56 Å². The van der Waals surface area contributed by atoms with E-state index in [1.807, 2.05) is 0 Å². The fraction of sp³-hybridized carbons (Fsp3) is 0.154. The molecule has 0 aliphatic carbocycles. The number of primary amides is 1. The molecule has 1 aromatic carbocycles. The fourth-order valence-corrected chi connectivity index (χ4v) is 1.65. The van der Waals surface area contributed by atoms with Crippen molar-refractivity contribution in [3.63, 3.8) is 0 Å². The SMILES string of the molecule is CCOC(=O)c1ccc(-c2nc(C(N)=O)c(O)[nH]2)cc1. The zero-order chi connectivity index (χ0) is 14.7. The van der Waals surface area contributed by atoms with Crippen LogP contribution in [0.15, 0.2) is 24.3 Å². The number of H-pyrrole nitrogens is 1. The standard InChI is InChI=1S/C13H13N3O4/c1-2-20-13(19)8-5-3-7(4-6-8)11-15-9(10(14)17)12(18)16-11/h3-6,18H,2H2,1H3,(H2,14,17)(H,15,16). The third kappa shape index (κ3) is 2.61. The summed E-state index contributed by atoms with van der Waals surface area (Å²) in [5, 5.41) is 9.48. The van der Waals surface area contributed by atoms with Crippen LogP contribution in [0.4, 0.5) is 0 Å². The Balaban J connectivity index is 2.28. The Morgan fingerprint density at radius 3 is 2.50 bits per heavy atom. The van der Waals surface area contributed by atoms with Crippen molar-refractivity contribution in [2.75, 3.05) is 6.61 Å². The van der Waals surface area contributed by atoms with Crippen LogP contribution in [0.5, 0.6) is 5.88 Å². The van der Waals surface area contributed by atoms with Gasteiger partial charge in [-0.05, 0) is 19.1 Å². The second-order valence-corrected chi connectivity index (χ2v) is 3.94. The predicted molar refractivity (Wildman–Crippen MR) is 70.2 cm³/mol. The second kappa shape index (κ2) is 5.43. The van der Waals surface area contributed by atoms with Crippen LogP contribution in [0.2, 0.25) is 0 Å². The molecule has 7 nitrogen and oxygen atoms in total. The van der Waals surface area contributed by atoms with Gasteiger partial charge in [0.2, 0.25) is 5.88 Å². The van der Waals surface area contributed by atoms with Gasteiger partial charge in [0.1, 0.15) is 5.82 Å². The van der Waals surface area contributed by atoms with Crippen molar-refractivity contribution in [1.82, 2.24) is 9.97 Å². The molecule has 0 atom stereocenters. The highest BCUT2D eigenvalue weighted by Crippen LogP contribution is 2.22. The first kappa shape index (κ1) is 13.6. The number of ether oxygens (including phenoxy) is 1. The number of carbonyl (C=O) groups excluding carboxylic acids is 2. The second-order valence-electron chi connectivity index (χ2n) is 3.94. The number of esters is 1. The van der Waals surface area contributed by atoms with E-state index in [2.05, 4.69) is 9.97 Å². The molecule has 0 radical (unpaired) electrons. The van der Waals surface area contributed by atoms with Crippen molar-refractivity contribution in [2.45, 2.75) is 6.92 Å². The number of nitrogens with zero attached hydrogens (tertiary/aromatic N) is 1. The van der Waals surface area contributed by atoms with E-state index in [1.165, 1.54) is 0 Å². The van der Waals surface area contributed by atoms with Gasteiger partial charge in [0.15, 0.2) is 5.69 Å². The van der Waals surface area contributed by atoms with Gasteiger partial charge in [-0.1, -0.05) is 12.1 Å². The highest BCUT2D eigenvalue weighted by Gasteiger charge is 2.15. The summed E-state index contributed by atoms with van der Waals surface area (Å²) in [5.41, 5.74) is 5.84. The summed E-state index contributed by atoms with van der Waals surface area (Å²) < 4.78 is 4.86. The van der Waals surface area contributed by atoms with E-state index in [4.69, 9.17) is 10.5 Å². The first-order valence-corrected chi connectivity index (χ1v) is 5.89. The molecule has 1 aromatic heterocycles. The predicted octanol–water partition coefficient (Wildman–Crippen LogP) is 1.06. The molecule has 20 heavy (non-hydrogen) atoms. The van der Waals surface area contributed by atoms with Crippen LogP contribution in [-0.2, 0) is 4.74 Å². The summed E-state index contributed by atoms with van der Waals surface area (Å²) in [4.78, 5) is 28.9. The number of hydrogen-bond donors (Lipinski definition) is 3. The number of aromatic nitrogens is 2. The molecular weight excluding hydrogens is 262 g/mol. The van der Waals surface area contributed by atoms with E-state index < -0.39 is 11.9 Å². The average molecular weight is 275 g/mol. The summed E-state index contributed by atoms with van der Waals surface area (Å²) in [6.07, 6.45) is 0. The molecule has 0 bridgehead atoms. The number of carbonyl (C=O) groups is 2. The Kier molecular flexibility index (Phi) is 3.69. The lowest BCUT2D eigenvalue weighted by Crippen LogP contribution is -2.11. The highest BCUT2D eigenvalue weighted by molar-refractivity contribution is 5.94. The van der Waals surface area contributed by atoms with E-state index in [-0.39, 0.29) is 17.4 Å². The minimum absolute atomic E-state index is 0.227. The third-order valence-corrected chi connectivity index (χ3v) is 2.59. The maximum Gasteiger partial charge on any atom is 0.338 e. The quantitative estimate of drug-likeness (QED) is 0.721. The lowest BCUT2D eigenvalue weighted by atomic mass is 10.1. The number of amides is 1. The molecule has 7 heteroatoms. The summed E-state index contributed by atoms with van der Waals surface area (Å²) in [6.45, 7) is 2.03. The van der Waals surface area contributed by atoms with E-state index in [9.17, 15) is 14.7 Å². The van der Waals surface area contributed by atoms with Crippen molar-refractivity contribution >= 4 is 11.9 Å². The molecule has 0 spiro atoms. The molecule has 0 saturated heterocycles. The monoisotopic (exact) mass is 275 g/mol. The largest absolute Gasteiger partial charge is 0.493 e. The Hall–Kier alpha value is -2.83. The number of aromatic hydroxyl groups is 1. The number of nitrogens with one attached hydrogen (secondary N) is 1. The molecule has 0 aliphatic rings. The van der Waals surface area contributed by atoms with Gasteiger partial charge in [-0.15, -0.1) is 0 Å². The Morgan fingerprint density at radius 1 is 1.35 bits per heavy atom. The smallest absolute Gasteiger partial charge is 0.338 e. The van der Waals surface area contributed by atoms with Crippen LogP contribution in [0.1, 0.15) is 27.8 Å². The van der Waals surface area contributed by atoms with Crippen molar-refractivity contribution < 1.29 is 19.4 Å². The first-order valence-electron chi connectivity index (χ1n) is 5.89. The normalized spacial score (nSPS) is 10.2. The zero-order valence-corrected chi connectivity index (χ0v) is 10.7. The number of nitrogens with two attached hydrogens (primary N) is 1. The molecular formula is C13H13N3O4. The molecule has 0 fully saturated rings. The van der Waals surface area contributed by atoms with Gasteiger partial charge in [-0.3, -0.25) is 4.79 Å². The van der Waals surface area contributed by atoms with Gasteiger partial charge in [0.05, 0.1) is 12.2 Å². The first-order chi connectivity index (χ1) is 9.52. The van der Waals surface area contributed by atoms with Crippen LogP contribution in [0.25, 0.3) is 11.4 Å².